The largest absolute Gasteiger partial charge is 0.450 e. The van der Waals surface area contributed by atoms with E-state index < -0.39 is 6.09 Å². The third-order valence-corrected chi connectivity index (χ3v) is 1.45. The van der Waals surface area contributed by atoms with Crippen LogP contribution in [-0.4, -0.2) is 22.9 Å². The Kier molecular flexibility index (Phi) is 4.34. The Morgan fingerprint density at radius 1 is 1.75 bits per heavy atom. The lowest BCUT2D eigenvalue weighted by molar-refractivity contribution is 0.157. The van der Waals surface area contributed by atoms with Crippen molar-refractivity contribution in [1.29, 1.82) is 0 Å². The van der Waals surface area contributed by atoms with E-state index in [0.29, 0.717) is 6.61 Å². The molecule has 0 unspecified atom stereocenters. The van der Waals surface area contributed by atoms with Crippen LogP contribution in [0.3, 0.4) is 0 Å². The van der Waals surface area contributed by atoms with Crippen LogP contribution < -0.4 is 5.73 Å². The standard InChI is InChI=1S/C4H11NO2Si/c5-4(6)7-2-1-3-8/h1-3H2,8H3,(H2,5,6). The molecule has 8 heavy (non-hydrogen) atoms. The first-order valence-corrected chi connectivity index (χ1v) is 4.11. The molecule has 0 aromatic carbocycles. The first-order valence-electron chi connectivity index (χ1n) is 2.69. The molecule has 0 aliphatic heterocycles. The van der Waals surface area contributed by atoms with Gasteiger partial charge < -0.3 is 10.5 Å². The summed E-state index contributed by atoms with van der Waals surface area (Å²) in [6, 6.07) is 1.16. The molecule has 0 bridgehead atoms. The molecular formula is C4H11NO2Si. The minimum atomic E-state index is -0.667. The topological polar surface area (TPSA) is 52.3 Å². The number of nitrogens with two attached hydrogens (primary N) is 1. The monoisotopic (exact) mass is 133 g/mol. The van der Waals surface area contributed by atoms with Crippen LogP contribution >= 0.6 is 0 Å². The molecule has 0 rings (SSSR count). The molecule has 0 aliphatic carbocycles. The van der Waals surface area contributed by atoms with E-state index in [4.69, 9.17) is 0 Å². The molecule has 0 aromatic rings. The molecule has 0 spiro atoms. The van der Waals surface area contributed by atoms with Gasteiger partial charge in [-0.3, -0.25) is 0 Å². The summed E-state index contributed by atoms with van der Waals surface area (Å²) in [5, 5.41) is 0. The summed E-state index contributed by atoms with van der Waals surface area (Å²) in [7, 11) is 1.17. The number of carbonyl (C=O) groups excluding carboxylic acids is 1. The van der Waals surface area contributed by atoms with Gasteiger partial charge >= 0.3 is 6.09 Å². The second kappa shape index (κ2) is 4.64. The van der Waals surface area contributed by atoms with Crippen molar-refractivity contribution >= 4 is 16.3 Å². The summed E-state index contributed by atoms with van der Waals surface area (Å²) >= 11 is 0. The molecule has 3 nitrogen and oxygen atoms in total. The van der Waals surface area contributed by atoms with Gasteiger partial charge in [-0.1, -0.05) is 6.04 Å². The van der Waals surface area contributed by atoms with Gasteiger partial charge in [0.05, 0.1) is 6.61 Å². The third kappa shape index (κ3) is 5.49. The van der Waals surface area contributed by atoms with E-state index in [0.717, 1.165) is 12.5 Å². The van der Waals surface area contributed by atoms with E-state index in [-0.39, 0.29) is 0 Å². The Hall–Kier alpha value is -0.513. The van der Waals surface area contributed by atoms with Gasteiger partial charge in [-0.25, -0.2) is 4.79 Å². The summed E-state index contributed by atoms with van der Waals surface area (Å²) < 4.78 is 4.44. The van der Waals surface area contributed by atoms with Crippen molar-refractivity contribution in [2.75, 3.05) is 6.61 Å². The van der Waals surface area contributed by atoms with Crippen LogP contribution in [0, 0.1) is 0 Å². The lowest BCUT2D eigenvalue weighted by Gasteiger charge is -1.95. The molecule has 0 fully saturated rings. The van der Waals surface area contributed by atoms with Gasteiger partial charge in [0.15, 0.2) is 0 Å². The highest BCUT2D eigenvalue weighted by Gasteiger charge is 1.88. The lowest BCUT2D eigenvalue weighted by Crippen LogP contribution is -2.13. The Morgan fingerprint density at radius 2 is 2.38 bits per heavy atom. The molecule has 48 valence electrons. The molecule has 0 saturated heterocycles. The molecule has 0 aliphatic rings. The molecule has 2 N–H and O–H groups in total. The van der Waals surface area contributed by atoms with Crippen LogP contribution in [0.15, 0.2) is 0 Å². The summed E-state index contributed by atoms with van der Waals surface area (Å²) in [5.74, 6) is 0. The SMILES string of the molecule is NC(=O)OCCC[SiH3]. The van der Waals surface area contributed by atoms with Crippen LogP contribution in [0.2, 0.25) is 6.04 Å². The van der Waals surface area contributed by atoms with Crippen molar-refractivity contribution in [2.24, 2.45) is 5.73 Å². The van der Waals surface area contributed by atoms with Crippen LogP contribution in [0.4, 0.5) is 4.79 Å². The molecule has 4 heteroatoms. The van der Waals surface area contributed by atoms with Crippen LogP contribution in [0.5, 0.6) is 0 Å². The maximum atomic E-state index is 9.89. The Balaban J connectivity index is 2.82. The zero-order valence-electron chi connectivity index (χ0n) is 5.02. The van der Waals surface area contributed by atoms with Gasteiger partial charge in [0.25, 0.3) is 0 Å². The van der Waals surface area contributed by atoms with Crippen molar-refractivity contribution in [3.05, 3.63) is 0 Å². The molecule has 0 heterocycles. The fraction of sp³-hybridized carbons (Fsp3) is 0.750. The van der Waals surface area contributed by atoms with Gasteiger partial charge in [0.2, 0.25) is 0 Å². The number of hydrogen-bond donors (Lipinski definition) is 1. The maximum Gasteiger partial charge on any atom is 0.404 e. The van der Waals surface area contributed by atoms with E-state index in [2.05, 4.69) is 10.5 Å². The zero-order chi connectivity index (χ0) is 6.41. The maximum absolute atomic E-state index is 9.89. The zero-order valence-corrected chi connectivity index (χ0v) is 7.02. The molecule has 0 saturated carbocycles. The highest BCUT2D eigenvalue weighted by Crippen LogP contribution is 1.84. The molecule has 1 amide bonds. The van der Waals surface area contributed by atoms with Crippen molar-refractivity contribution in [3.8, 4) is 0 Å². The fourth-order valence-corrected chi connectivity index (χ4v) is 0.606. The number of primary amides is 1. The second-order valence-corrected chi connectivity index (χ2v) is 2.52. The fourth-order valence-electron chi connectivity index (χ4n) is 0.317. The number of hydrogen-bond acceptors (Lipinski definition) is 2. The van der Waals surface area contributed by atoms with Gasteiger partial charge in [0.1, 0.15) is 0 Å². The van der Waals surface area contributed by atoms with Crippen molar-refractivity contribution in [1.82, 2.24) is 0 Å². The molecule has 0 atom stereocenters. The normalized spacial score (nSPS) is 9.00. The predicted octanol–water partition coefficient (Wildman–Crippen LogP) is -0.744. The van der Waals surface area contributed by atoms with Crippen LogP contribution in [0.25, 0.3) is 0 Å². The Bertz CT molecular complexity index is 76.4. The van der Waals surface area contributed by atoms with Crippen LogP contribution in [-0.2, 0) is 4.74 Å². The number of carbonyl (C=O) groups is 1. The van der Waals surface area contributed by atoms with E-state index in [9.17, 15) is 4.79 Å². The van der Waals surface area contributed by atoms with E-state index in [1.807, 2.05) is 0 Å². The first-order chi connectivity index (χ1) is 3.77. The highest BCUT2D eigenvalue weighted by molar-refractivity contribution is 6.08. The smallest absolute Gasteiger partial charge is 0.404 e. The minimum Gasteiger partial charge on any atom is -0.450 e. The minimum absolute atomic E-state index is 0.485. The average Bonchev–Trinajstić information content (AvgIpc) is 1.66. The predicted molar refractivity (Wildman–Crippen MR) is 34.9 cm³/mol. The van der Waals surface area contributed by atoms with Gasteiger partial charge in [0, 0.05) is 10.2 Å². The molecular weight excluding hydrogens is 122 g/mol. The van der Waals surface area contributed by atoms with Crippen molar-refractivity contribution in [2.45, 2.75) is 12.5 Å². The van der Waals surface area contributed by atoms with E-state index in [1.165, 1.54) is 10.2 Å². The van der Waals surface area contributed by atoms with Gasteiger partial charge in [-0.15, -0.1) is 0 Å². The van der Waals surface area contributed by atoms with Crippen LogP contribution in [0.1, 0.15) is 6.42 Å². The number of ether oxygens (including phenoxy) is 1. The molecule has 0 radical (unpaired) electrons. The summed E-state index contributed by atoms with van der Waals surface area (Å²) in [5.41, 5.74) is 4.68. The Labute approximate surface area is 51.6 Å². The Morgan fingerprint density at radius 3 is 2.75 bits per heavy atom. The summed E-state index contributed by atoms with van der Waals surface area (Å²) in [6.07, 6.45) is 0.287. The average molecular weight is 133 g/mol. The molecule has 0 aromatic heterocycles. The number of rotatable bonds is 3. The number of amides is 1. The summed E-state index contributed by atoms with van der Waals surface area (Å²) in [4.78, 5) is 9.89. The quantitative estimate of drug-likeness (QED) is 0.407. The highest BCUT2D eigenvalue weighted by atomic mass is 28.1. The van der Waals surface area contributed by atoms with E-state index >= 15 is 0 Å². The van der Waals surface area contributed by atoms with Crippen molar-refractivity contribution < 1.29 is 9.53 Å². The third-order valence-electron chi connectivity index (χ3n) is 0.742. The van der Waals surface area contributed by atoms with Gasteiger partial charge in [-0.2, -0.15) is 0 Å². The second-order valence-electron chi connectivity index (χ2n) is 1.52. The van der Waals surface area contributed by atoms with E-state index in [1.54, 1.807) is 0 Å². The van der Waals surface area contributed by atoms with Gasteiger partial charge in [-0.05, 0) is 6.42 Å². The first kappa shape index (κ1) is 7.49. The van der Waals surface area contributed by atoms with Crippen molar-refractivity contribution in [3.63, 3.8) is 0 Å². The summed E-state index contributed by atoms with van der Waals surface area (Å²) in [6.45, 7) is 0.485. The lowest BCUT2D eigenvalue weighted by atomic mass is 10.5.